The van der Waals surface area contributed by atoms with E-state index in [1.165, 1.54) is 6.20 Å². The van der Waals surface area contributed by atoms with Crippen molar-refractivity contribution in [2.45, 2.75) is 30.5 Å². The van der Waals surface area contributed by atoms with E-state index in [9.17, 15) is 22.8 Å². The first kappa shape index (κ1) is 25.0. The fourth-order valence-electron chi connectivity index (χ4n) is 3.29. The third-order valence-electron chi connectivity index (χ3n) is 4.78. The second-order valence-corrected chi connectivity index (χ2v) is 9.45. The number of nitrogens with zero attached hydrogens (tertiary/aromatic N) is 4. The van der Waals surface area contributed by atoms with Crippen LogP contribution in [0.4, 0.5) is 18.9 Å². The summed E-state index contributed by atoms with van der Waals surface area (Å²) in [7, 11) is 0. The standard InChI is InChI=1S/C22H18F3IN6O2S/c1-11(2)29-20(34)17-16(13-6-4-8-28-21(13)35-17)30-19(33)14-9-15(22(23,24)25)31-32(14)18-12(10-26)5-3-7-27-18/h3-9,11H,10H2,1-2H3,(H,29,34)(H,30,33). The fraction of sp³-hybridized carbons (Fsp3) is 0.227. The van der Waals surface area contributed by atoms with Crippen molar-refractivity contribution in [2.75, 3.05) is 5.32 Å². The third kappa shape index (κ3) is 5.15. The summed E-state index contributed by atoms with van der Waals surface area (Å²) < 4.78 is 41.9. The Morgan fingerprint density at radius 1 is 1.14 bits per heavy atom. The van der Waals surface area contributed by atoms with Crippen molar-refractivity contribution >= 4 is 61.6 Å². The number of hydrogen-bond donors (Lipinski definition) is 2. The molecule has 2 N–H and O–H groups in total. The van der Waals surface area contributed by atoms with Crippen molar-refractivity contribution in [1.29, 1.82) is 0 Å². The van der Waals surface area contributed by atoms with E-state index in [2.05, 4.69) is 48.3 Å². The Hall–Kier alpha value is -3.07. The van der Waals surface area contributed by atoms with Gasteiger partial charge >= 0.3 is 6.18 Å². The first-order valence-corrected chi connectivity index (χ1v) is 12.6. The quantitative estimate of drug-likeness (QED) is 0.229. The summed E-state index contributed by atoms with van der Waals surface area (Å²) in [4.78, 5) is 35.3. The Morgan fingerprint density at radius 3 is 2.54 bits per heavy atom. The molecule has 0 aromatic carbocycles. The highest BCUT2D eigenvalue weighted by Crippen LogP contribution is 2.36. The van der Waals surface area contributed by atoms with E-state index in [0.717, 1.165) is 16.0 Å². The zero-order valence-electron chi connectivity index (χ0n) is 18.4. The number of rotatable bonds is 6. The molecule has 0 fully saturated rings. The van der Waals surface area contributed by atoms with Gasteiger partial charge in [-0.3, -0.25) is 9.59 Å². The largest absolute Gasteiger partial charge is 0.435 e. The van der Waals surface area contributed by atoms with E-state index in [4.69, 9.17) is 0 Å². The number of nitrogens with one attached hydrogen (secondary N) is 2. The number of fused-ring (bicyclic) bond motifs is 1. The van der Waals surface area contributed by atoms with E-state index in [1.54, 1.807) is 44.3 Å². The molecule has 0 unspecified atom stereocenters. The number of anilines is 1. The minimum absolute atomic E-state index is 0.108. The van der Waals surface area contributed by atoms with E-state index >= 15 is 0 Å². The van der Waals surface area contributed by atoms with Crippen molar-refractivity contribution in [3.8, 4) is 5.82 Å². The second-order valence-electron chi connectivity index (χ2n) is 7.69. The van der Waals surface area contributed by atoms with Gasteiger partial charge in [0.05, 0.1) is 5.69 Å². The van der Waals surface area contributed by atoms with Crippen LogP contribution in [-0.4, -0.2) is 37.6 Å². The van der Waals surface area contributed by atoms with Crippen LogP contribution in [0.5, 0.6) is 0 Å². The van der Waals surface area contributed by atoms with Gasteiger partial charge in [0.2, 0.25) is 0 Å². The summed E-state index contributed by atoms with van der Waals surface area (Å²) in [6.07, 6.45) is -1.82. The number of carbonyl (C=O) groups is 2. The number of halogens is 4. The maximum absolute atomic E-state index is 13.5. The Kier molecular flexibility index (Phi) is 7.07. The fourth-order valence-corrected chi connectivity index (χ4v) is 4.89. The molecule has 182 valence electrons. The molecule has 0 aliphatic carbocycles. The lowest BCUT2D eigenvalue weighted by Gasteiger charge is -2.12. The molecule has 0 saturated heterocycles. The summed E-state index contributed by atoms with van der Waals surface area (Å²) >= 11 is 3.13. The number of thiophene rings is 1. The molecule has 35 heavy (non-hydrogen) atoms. The van der Waals surface area contributed by atoms with E-state index in [1.807, 2.05) is 0 Å². The number of hydrogen-bond acceptors (Lipinski definition) is 6. The van der Waals surface area contributed by atoms with Crippen LogP contribution in [0, 0.1) is 0 Å². The minimum atomic E-state index is -4.78. The zero-order valence-corrected chi connectivity index (χ0v) is 21.3. The topological polar surface area (TPSA) is 102 Å². The van der Waals surface area contributed by atoms with Crippen molar-refractivity contribution in [1.82, 2.24) is 25.1 Å². The maximum atomic E-state index is 13.5. The first-order chi connectivity index (χ1) is 16.6. The predicted octanol–water partition coefficient (Wildman–Crippen LogP) is 5.22. The number of alkyl halides is 4. The SMILES string of the molecule is CC(C)NC(=O)c1sc2ncccc2c1NC(=O)c1cc(C(F)(F)F)nn1-c1ncccc1CI. The molecule has 2 amide bonds. The minimum Gasteiger partial charge on any atom is -0.349 e. The van der Waals surface area contributed by atoms with Gasteiger partial charge in [0.1, 0.15) is 15.4 Å². The molecule has 0 spiro atoms. The molecule has 0 bridgehead atoms. The first-order valence-electron chi connectivity index (χ1n) is 10.3. The molecule has 0 saturated carbocycles. The summed E-state index contributed by atoms with van der Waals surface area (Å²) in [5.74, 6) is -1.20. The van der Waals surface area contributed by atoms with Crippen molar-refractivity contribution in [3.05, 3.63) is 64.6 Å². The van der Waals surface area contributed by atoms with Gasteiger partial charge in [-0.25, -0.2) is 14.6 Å². The highest BCUT2D eigenvalue weighted by atomic mass is 127. The van der Waals surface area contributed by atoms with Gasteiger partial charge < -0.3 is 10.6 Å². The molecule has 0 aliphatic heterocycles. The summed E-state index contributed by atoms with van der Waals surface area (Å²) in [5.41, 5.74) is -0.846. The zero-order chi connectivity index (χ0) is 25.3. The lowest BCUT2D eigenvalue weighted by atomic mass is 10.2. The molecule has 0 aliphatic rings. The Balaban J connectivity index is 1.83. The van der Waals surface area contributed by atoms with Gasteiger partial charge in [-0.05, 0) is 32.0 Å². The lowest BCUT2D eigenvalue weighted by molar-refractivity contribution is -0.141. The average Bonchev–Trinajstić information content (AvgIpc) is 3.41. The van der Waals surface area contributed by atoms with Gasteiger partial charge in [-0.1, -0.05) is 28.7 Å². The molecule has 4 aromatic heterocycles. The van der Waals surface area contributed by atoms with Crippen molar-refractivity contribution in [3.63, 3.8) is 0 Å². The van der Waals surface area contributed by atoms with Crippen LogP contribution in [0.25, 0.3) is 16.0 Å². The smallest absolute Gasteiger partial charge is 0.349 e. The second kappa shape index (κ2) is 9.89. The molecule has 0 atom stereocenters. The van der Waals surface area contributed by atoms with Gasteiger partial charge in [0.15, 0.2) is 11.5 Å². The van der Waals surface area contributed by atoms with Gasteiger partial charge in [-0.2, -0.15) is 18.3 Å². The third-order valence-corrected chi connectivity index (χ3v) is 6.71. The van der Waals surface area contributed by atoms with Gasteiger partial charge in [0.25, 0.3) is 11.8 Å². The molecular weight excluding hydrogens is 596 g/mol. The molecule has 13 heteroatoms. The van der Waals surface area contributed by atoms with Crippen LogP contribution in [-0.2, 0) is 10.6 Å². The highest BCUT2D eigenvalue weighted by molar-refractivity contribution is 14.1. The van der Waals surface area contributed by atoms with E-state index in [-0.39, 0.29) is 28.1 Å². The van der Waals surface area contributed by atoms with Crippen LogP contribution < -0.4 is 10.6 Å². The van der Waals surface area contributed by atoms with E-state index in [0.29, 0.717) is 26.3 Å². The number of aromatic nitrogens is 4. The normalized spacial score (nSPS) is 11.7. The monoisotopic (exact) mass is 614 g/mol. The van der Waals surface area contributed by atoms with Gasteiger partial charge in [-0.15, -0.1) is 11.3 Å². The lowest BCUT2D eigenvalue weighted by Crippen LogP contribution is -2.30. The van der Waals surface area contributed by atoms with Gasteiger partial charge in [0, 0.05) is 39.9 Å². The Morgan fingerprint density at radius 2 is 1.86 bits per heavy atom. The molecule has 4 aromatic rings. The number of carbonyl (C=O) groups excluding carboxylic acids is 2. The van der Waals surface area contributed by atoms with E-state index < -0.39 is 23.7 Å². The molecule has 0 radical (unpaired) electrons. The van der Waals surface area contributed by atoms with Crippen LogP contribution in [0.3, 0.4) is 0 Å². The molecule has 4 heterocycles. The summed E-state index contributed by atoms with van der Waals surface area (Å²) in [6.45, 7) is 3.58. The van der Waals surface area contributed by atoms with Crippen LogP contribution >= 0.6 is 33.9 Å². The Labute approximate surface area is 215 Å². The maximum Gasteiger partial charge on any atom is 0.435 e. The molecule has 4 rings (SSSR count). The molecular formula is C22H18F3IN6O2S. The Bertz CT molecular complexity index is 1420. The van der Waals surface area contributed by atoms with Crippen LogP contribution in [0.2, 0.25) is 0 Å². The number of amides is 2. The molecule has 8 nitrogen and oxygen atoms in total. The summed E-state index contributed by atoms with van der Waals surface area (Å²) in [5, 5.41) is 9.53. The van der Waals surface area contributed by atoms with Crippen LogP contribution in [0.1, 0.15) is 45.3 Å². The average molecular weight is 614 g/mol. The highest BCUT2D eigenvalue weighted by Gasteiger charge is 2.37. The van der Waals surface area contributed by atoms with Crippen molar-refractivity contribution in [2.24, 2.45) is 0 Å². The van der Waals surface area contributed by atoms with Crippen molar-refractivity contribution < 1.29 is 22.8 Å². The summed E-state index contributed by atoms with van der Waals surface area (Å²) in [6, 6.07) is 7.15. The number of pyridine rings is 2. The van der Waals surface area contributed by atoms with Crippen LogP contribution in [0.15, 0.2) is 42.7 Å². The predicted molar refractivity (Wildman–Crippen MR) is 134 cm³/mol.